The Hall–Kier alpha value is -2.73. The van der Waals surface area contributed by atoms with Crippen molar-refractivity contribution in [3.8, 4) is 0 Å². The summed E-state index contributed by atoms with van der Waals surface area (Å²) in [4.78, 5) is 18.8. The molecule has 2 heterocycles. The Balaban J connectivity index is 1.90. The van der Waals surface area contributed by atoms with E-state index in [4.69, 9.17) is 0 Å². The first-order valence-corrected chi connectivity index (χ1v) is 9.85. The van der Waals surface area contributed by atoms with Crippen molar-refractivity contribution in [1.82, 2.24) is 0 Å². The van der Waals surface area contributed by atoms with Gasteiger partial charge in [0.05, 0.1) is 28.2 Å². The van der Waals surface area contributed by atoms with Crippen LogP contribution in [0.4, 0.5) is 11.4 Å². The number of sulfone groups is 1. The number of aryl methyl sites for hydroxylation is 1. The van der Waals surface area contributed by atoms with Crippen LogP contribution in [0.25, 0.3) is 0 Å². The lowest BCUT2D eigenvalue weighted by Crippen LogP contribution is -2.42. The maximum Gasteiger partial charge on any atom is 0.207 e. The summed E-state index contributed by atoms with van der Waals surface area (Å²) in [6.07, 6.45) is 2.90. The quantitative estimate of drug-likeness (QED) is 0.817. The zero-order chi connectivity index (χ0) is 18.6. The molecule has 2 aromatic carbocycles. The summed E-state index contributed by atoms with van der Waals surface area (Å²) >= 11 is 0. The van der Waals surface area contributed by atoms with E-state index in [-0.39, 0.29) is 4.90 Å². The number of anilines is 1. The summed E-state index contributed by atoms with van der Waals surface area (Å²) in [7, 11) is -3.91. The fourth-order valence-electron chi connectivity index (χ4n) is 3.48. The summed E-state index contributed by atoms with van der Waals surface area (Å²) in [5.74, 6) is -0.444. The second-order valence-corrected chi connectivity index (χ2v) is 8.59. The normalized spacial score (nSPS) is 18.6. The average Bonchev–Trinajstić information content (AvgIpc) is 2.96. The van der Waals surface area contributed by atoms with Gasteiger partial charge >= 0.3 is 0 Å². The van der Waals surface area contributed by atoms with Crippen LogP contribution < -0.4 is 4.90 Å². The molecule has 0 aliphatic carbocycles. The lowest BCUT2D eigenvalue weighted by molar-refractivity contribution is -0.113. The summed E-state index contributed by atoms with van der Waals surface area (Å²) in [5.41, 5.74) is 4.41. The highest BCUT2D eigenvalue weighted by molar-refractivity contribution is 7.93. The van der Waals surface area contributed by atoms with Crippen LogP contribution in [-0.4, -0.2) is 25.8 Å². The average molecular weight is 366 g/mol. The first-order valence-electron chi connectivity index (χ1n) is 8.31. The van der Waals surface area contributed by atoms with Crippen LogP contribution in [0.3, 0.4) is 0 Å². The fraction of sp³-hybridized carbons (Fsp3) is 0.200. The summed E-state index contributed by atoms with van der Waals surface area (Å²) in [5, 5.41) is -1.30. The zero-order valence-corrected chi connectivity index (χ0v) is 15.5. The molecule has 0 N–H and O–H groups in total. The Morgan fingerprint density at radius 1 is 1.00 bits per heavy atom. The van der Waals surface area contributed by atoms with E-state index in [0.29, 0.717) is 22.6 Å². The predicted molar refractivity (Wildman–Crippen MR) is 102 cm³/mol. The van der Waals surface area contributed by atoms with E-state index in [1.807, 2.05) is 26.0 Å². The van der Waals surface area contributed by atoms with Crippen molar-refractivity contribution in [1.29, 1.82) is 0 Å². The highest BCUT2D eigenvalue weighted by Crippen LogP contribution is 2.41. The van der Waals surface area contributed by atoms with Gasteiger partial charge in [-0.15, -0.1) is 0 Å². The number of nitrogens with zero attached hydrogens (tertiary/aromatic N) is 2. The smallest absolute Gasteiger partial charge is 0.207 e. The number of allylic oxidation sites excluding steroid dienone is 1. The molecular formula is C20H18N2O3S. The number of fused-ring (bicyclic) bond motifs is 3. The molecule has 1 unspecified atom stereocenters. The van der Waals surface area contributed by atoms with E-state index in [2.05, 4.69) is 4.99 Å². The van der Waals surface area contributed by atoms with Crippen molar-refractivity contribution in [2.75, 3.05) is 4.90 Å². The van der Waals surface area contributed by atoms with Gasteiger partial charge in [-0.1, -0.05) is 18.2 Å². The molecule has 4 rings (SSSR count). The fourth-order valence-corrected chi connectivity index (χ4v) is 5.44. The predicted octanol–water partition coefficient (Wildman–Crippen LogP) is 3.40. The third-order valence-electron chi connectivity index (χ3n) is 5.13. The highest BCUT2D eigenvalue weighted by Gasteiger charge is 2.46. The third kappa shape index (κ3) is 2.25. The molecule has 0 bridgehead atoms. The third-order valence-corrected chi connectivity index (χ3v) is 7.22. The van der Waals surface area contributed by atoms with E-state index in [9.17, 15) is 13.2 Å². The number of hydrogen-bond acceptors (Lipinski definition) is 5. The lowest BCUT2D eigenvalue weighted by atomic mass is 10.1. The van der Waals surface area contributed by atoms with Crippen molar-refractivity contribution in [3.05, 3.63) is 64.9 Å². The SMILES string of the molecule is Cc1ccc(S(=O)(=O)C2C(=O)C=C3C=Nc4ccccc4N32)c(C)c1C. The maximum atomic E-state index is 13.5. The topological polar surface area (TPSA) is 66.8 Å². The molecule has 2 aliphatic rings. The Labute approximate surface area is 152 Å². The molecule has 0 aromatic heterocycles. The van der Waals surface area contributed by atoms with Gasteiger partial charge in [0.25, 0.3) is 0 Å². The second kappa shape index (κ2) is 5.64. The maximum absolute atomic E-state index is 13.5. The number of hydrogen-bond donors (Lipinski definition) is 0. The van der Waals surface area contributed by atoms with Gasteiger partial charge in [-0.05, 0) is 55.7 Å². The molecule has 0 saturated heterocycles. The van der Waals surface area contributed by atoms with Crippen molar-refractivity contribution in [2.24, 2.45) is 4.99 Å². The van der Waals surface area contributed by atoms with Gasteiger partial charge in [-0.3, -0.25) is 9.79 Å². The molecule has 132 valence electrons. The van der Waals surface area contributed by atoms with Crippen molar-refractivity contribution < 1.29 is 13.2 Å². The van der Waals surface area contributed by atoms with E-state index in [1.54, 1.807) is 42.3 Å². The van der Waals surface area contributed by atoms with E-state index >= 15 is 0 Å². The largest absolute Gasteiger partial charge is 0.314 e. The Morgan fingerprint density at radius 3 is 2.50 bits per heavy atom. The van der Waals surface area contributed by atoms with Crippen LogP contribution in [-0.2, 0) is 14.6 Å². The van der Waals surface area contributed by atoms with Crippen molar-refractivity contribution in [3.63, 3.8) is 0 Å². The van der Waals surface area contributed by atoms with Crippen LogP contribution in [0.15, 0.2) is 58.1 Å². The number of para-hydroxylation sites is 2. The molecule has 5 nitrogen and oxygen atoms in total. The zero-order valence-electron chi connectivity index (χ0n) is 14.7. The van der Waals surface area contributed by atoms with Gasteiger partial charge < -0.3 is 4.90 Å². The van der Waals surface area contributed by atoms with Crippen LogP contribution >= 0.6 is 0 Å². The minimum Gasteiger partial charge on any atom is -0.314 e. The minimum atomic E-state index is -3.91. The molecule has 0 radical (unpaired) electrons. The van der Waals surface area contributed by atoms with E-state index in [0.717, 1.165) is 11.1 Å². The molecular weight excluding hydrogens is 348 g/mol. The monoisotopic (exact) mass is 366 g/mol. The molecule has 0 fully saturated rings. The first-order chi connectivity index (χ1) is 12.3. The number of benzene rings is 2. The number of carbonyl (C=O) groups is 1. The second-order valence-electron chi connectivity index (χ2n) is 6.62. The van der Waals surface area contributed by atoms with Crippen LogP contribution in [0.2, 0.25) is 0 Å². The number of rotatable bonds is 2. The van der Waals surface area contributed by atoms with Crippen LogP contribution in [0.5, 0.6) is 0 Å². The van der Waals surface area contributed by atoms with Gasteiger partial charge in [0.15, 0.2) is 5.78 Å². The minimum absolute atomic E-state index is 0.202. The Morgan fingerprint density at radius 2 is 1.73 bits per heavy atom. The molecule has 0 amide bonds. The van der Waals surface area contributed by atoms with Gasteiger partial charge in [0, 0.05) is 6.08 Å². The van der Waals surface area contributed by atoms with Gasteiger partial charge in [-0.2, -0.15) is 0 Å². The van der Waals surface area contributed by atoms with Gasteiger partial charge in [0.2, 0.25) is 15.2 Å². The summed E-state index contributed by atoms with van der Waals surface area (Å²) < 4.78 is 26.9. The standard InChI is InChI=1S/C20H18N2O3S/c1-12-8-9-19(14(3)13(12)2)26(24,25)20-18(23)10-15-11-21-16-6-4-5-7-17(16)22(15)20/h4-11,20H,1-3H3. The summed E-state index contributed by atoms with van der Waals surface area (Å²) in [6, 6.07) is 10.6. The van der Waals surface area contributed by atoms with Gasteiger partial charge in [0.1, 0.15) is 0 Å². The van der Waals surface area contributed by atoms with E-state index in [1.165, 1.54) is 6.08 Å². The Kier molecular flexibility index (Phi) is 3.63. The number of ketones is 1. The van der Waals surface area contributed by atoms with Crippen molar-refractivity contribution >= 4 is 33.2 Å². The highest BCUT2D eigenvalue weighted by atomic mass is 32.2. The molecule has 2 aliphatic heterocycles. The van der Waals surface area contributed by atoms with E-state index < -0.39 is 21.0 Å². The molecule has 2 aromatic rings. The van der Waals surface area contributed by atoms with Gasteiger partial charge in [-0.25, -0.2) is 8.42 Å². The molecule has 1 atom stereocenters. The lowest BCUT2D eigenvalue weighted by Gasteiger charge is -2.30. The van der Waals surface area contributed by atoms with Crippen molar-refractivity contribution in [2.45, 2.75) is 31.0 Å². The van der Waals surface area contributed by atoms with Crippen LogP contribution in [0, 0.1) is 20.8 Å². The molecule has 26 heavy (non-hydrogen) atoms. The number of carbonyl (C=O) groups excluding carboxylic acids is 1. The molecule has 0 spiro atoms. The molecule has 0 saturated carbocycles. The van der Waals surface area contributed by atoms with Crippen LogP contribution in [0.1, 0.15) is 16.7 Å². The number of aliphatic imine (C=N–C) groups is 1. The summed E-state index contributed by atoms with van der Waals surface area (Å²) in [6.45, 7) is 5.62. The molecule has 6 heteroatoms. The first kappa shape index (κ1) is 16.7. The Bertz CT molecular complexity index is 1110.